The Morgan fingerprint density at radius 3 is 2.63 bits per heavy atom. The Bertz CT molecular complexity index is 815. The quantitative estimate of drug-likeness (QED) is 0.765. The predicted molar refractivity (Wildman–Crippen MR) is 106 cm³/mol. The Morgan fingerprint density at radius 1 is 1.15 bits per heavy atom. The highest BCUT2D eigenvalue weighted by atomic mass is 16.5. The number of amides is 2. The number of rotatable bonds is 7. The molecular weight excluding hydrogens is 340 g/mol. The summed E-state index contributed by atoms with van der Waals surface area (Å²) in [5, 5.41) is 2.98. The number of aryl methyl sites for hydroxylation is 1. The standard InChI is InChI=1S/C22H26N2O3/c1-3-21(25)24-14-12-17-15-18(8-11-20(17)24)22(26)23-13-4-5-16-6-9-19(27-2)10-7-16/h6-11,15H,3-5,12-14H2,1-2H3,(H,23,26). The van der Waals surface area contributed by atoms with Crippen LogP contribution in [0.1, 0.15) is 41.3 Å². The Balaban J connectivity index is 1.50. The van der Waals surface area contributed by atoms with Crippen molar-refractivity contribution < 1.29 is 14.3 Å². The number of ether oxygens (including phenoxy) is 1. The van der Waals surface area contributed by atoms with Crippen molar-refractivity contribution in [2.45, 2.75) is 32.6 Å². The summed E-state index contributed by atoms with van der Waals surface area (Å²) in [6.07, 6.45) is 3.08. The van der Waals surface area contributed by atoms with Gasteiger partial charge in [-0.05, 0) is 60.7 Å². The van der Waals surface area contributed by atoms with Gasteiger partial charge in [-0.1, -0.05) is 19.1 Å². The zero-order valence-electron chi connectivity index (χ0n) is 16.0. The minimum atomic E-state index is -0.0622. The third kappa shape index (κ3) is 4.48. The summed E-state index contributed by atoms with van der Waals surface area (Å²) in [5.41, 5.74) is 3.90. The molecule has 0 saturated carbocycles. The molecule has 5 nitrogen and oxygen atoms in total. The molecule has 1 aliphatic rings. The minimum Gasteiger partial charge on any atom is -0.497 e. The van der Waals surface area contributed by atoms with E-state index in [1.165, 1.54) is 5.56 Å². The van der Waals surface area contributed by atoms with E-state index >= 15 is 0 Å². The van der Waals surface area contributed by atoms with Gasteiger partial charge in [0.25, 0.3) is 5.91 Å². The maximum atomic E-state index is 12.4. The number of hydrogen-bond donors (Lipinski definition) is 1. The lowest BCUT2D eigenvalue weighted by atomic mass is 10.1. The lowest BCUT2D eigenvalue weighted by Crippen LogP contribution is -2.28. The first-order valence-electron chi connectivity index (χ1n) is 9.46. The first-order chi connectivity index (χ1) is 13.1. The van der Waals surface area contributed by atoms with Crippen LogP contribution >= 0.6 is 0 Å². The van der Waals surface area contributed by atoms with Gasteiger partial charge in [-0.25, -0.2) is 0 Å². The summed E-state index contributed by atoms with van der Waals surface area (Å²) in [4.78, 5) is 26.2. The zero-order valence-corrected chi connectivity index (χ0v) is 16.0. The summed E-state index contributed by atoms with van der Waals surface area (Å²) < 4.78 is 5.15. The number of anilines is 1. The van der Waals surface area contributed by atoms with Crippen LogP contribution in [0.5, 0.6) is 5.75 Å². The Morgan fingerprint density at radius 2 is 1.93 bits per heavy atom. The molecule has 1 aliphatic heterocycles. The maximum absolute atomic E-state index is 12.4. The van der Waals surface area contributed by atoms with Crippen LogP contribution in [0.2, 0.25) is 0 Å². The van der Waals surface area contributed by atoms with E-state index in [1.54, 1.807) is 13.2 Å². The van der Waals surface area contributed by atoms with E-state index in [9.17, 15) is 9.59 Å². The van der Waals surface area contributed by atoms with Gasteiger partial charge >= 0.3 is 0 Å². The molecule has 142 valence electrons. The molecule has 0 atom stereocenters. The van der Waals surface area contributed by atoms with Gasteiger partial charge in [-0.15, -0.1) is 0 Å². The predicted octanol–water partition coefficient (Wildman–Crippen LogP) is 3.36. The van der Waals surface area contributed by atoms with E-state index in [-0.39, 0.29) is 11.8 Å². The van der Waals surface area contributed by atoms with E-state index in [0.717, 1.165) is 36.3 Å². The number of carbonyl (C=O) groups is 2. The van der Waals surface area contributed by atoms with Crippen LogP contribution in [0.25, 0.3) is 0 Å². The highest BCUT2D eigenvalue weighted by Crippen LogP contribution is 2.29. The van der Waals surface area contributed by atoms with Crippen LogP contribution in [-0.4, -0.2) is 32.0 Å². The second kappa shape index (κ2) is 8.71. The number of methoxy groups -OCH3 is 1. The molecule has 2 amide bonds. The van der Waals surface area contributed by atoms with Crippen molar-refractivity contribution in [2.75, 3.05) is 25.1 Å². The smallest absolute Gasteiger partial charge is 0.251 e. The fraction of sp³-hybridized carbons (Fsp3) is 0.364. The molecule has 2 aromatic carbocycles. The van der Waals surface area contributed by atoms with E-state index in [1.807, 2.05) is 48.2 Å². The number of hydrogen-bond acceptors (Lipinski definition) is 3. The molecule has 1 N–H and O–H groups in total. The van der Waals surface area contributed by atoms with Crippen molar-refractivity contribution in [1.82, 2.24) is 5.32 Å². The number of nitrogens with one attached hydrogen (secondary N) is 1. The van der Waals surface area contributed by atoms with Gasteiger partial charge in [0.05, 0.1) is 7.11 Å². The second-order valence-corrected chi connectivity index (χ2v) is 6.70. The van der Waals surface area contributed by atoms with Gasteiger partial charge in [-0.3, -0.25) is 9.59 Å². The number of benzene rings is 2. The zero-order chi connectivity index (χ0) is 19.2. The lowest BCUT2D eigenvalue weighted by Gasteiger charge is -2.16. The van der Waals surface area contributed by atoms with Crippen molar-refractivity contribution in [1.29, 1.82) is 0 Å². The average Bonchev–Trinajstić information content (AvgIpc) is 3.14. The molecule has 0 aromatic heterocycles. The monoisotopic (exact) mass is 366 g/mol. The van der Waals surface area contributed by atoms with E-state index in [4.69, 9.17) is 4.74 Å². The van der Waals surface area contributed by atoms with Crippen molar-refractivity contribution in [3.63, 3.8) is 0 Å². The number of nitrogens with zero attached hydrogens (tertiary/aromatic N) is 1. The molecule has 0 bridgehead atoms. The normalized spacial score (nSPS) is 12.6. The number of carbonyl (C=O) groups excluding carboxylic acids is 2. The molecule has 0 fully saturated rings. The Kier molecular flexibility index (Phi) is 6.12. The molecule has 0 unspecified atom stereocenters. The van der Waals surface area contributed by atoms with E-state index in [2.05, 4.69) is 5.32 Å². The first kappa shape index (κ1) is 19.0. The number of fused-ring (bicyclic) bond motifs is 1. The molecular formula is C22H26N2O3. The van der Waals surface area contributed by atoms with Crippen LogP contribution in [0.3, 0.4) is 0 Å². The van der Waals surface area contributed by atoms with Gasteiger partial charge in [0.1, 0.15) is 5.75 Å². The van der Waals surface area contributed by atoms with E-state index < -0.39 is 0 Å². The Labute approximate surface area is 160 Å². The third-order valence-electron chi connectivity index (χ3n) is 4.93. The molecule has 27 heavy (non-hydrogen) atoms. The van der Waals surface area contributed by atoms with Gasteiger partial charge in [0.15, 0.2) is 0 Å². The summed E-state index contributed by atoms with van der Waals surface area (Å²) in [6, 6.07) is 13.6. The van der Waals surface area contributed by atoms with Gasteiger partial charge in [0, 0.05) is 30.8 Å². The molecule has 0 radical (unpaired) electrons. The van der Waals surface area contributed by atoms with Crippen molar-refractivity contribution in [2.24, 2.45) is 0 Å². The summed E-state index contributed by atoms with van der Waals surface area (Å²) in [5.74, 6) is 0.917. The fourth-order valence-corrected chi connectivity index (χ4v) is 3.38. The van der Waals surface area contributed by atoms with Crippen molar-refractivity contribution in [3.8, 4) is 5.75 Å². The molecule has 3 rings (SSSR count). The molecule has 5 heteroatoms. The van der Waals surface area contributed by atoms with Crippen molar-refractivity contribution in [3.05, 3.63) is 59.2 Å². The summed E-state index contributed by atoms with van der Waals surface area (Å²) >= 11 is 0. The van der Waals surface area contributed by atoms with Gasteiger partial charge in [-0.2, -0.15) is 0 Å². The second-order valence-electron chi connectivity index (χ2n) is 6.70. The van der Waals surface area contributed by atoms with Crippen LogP contribution in [0.15, 0.2) is 42.5 Å². The lowest BCUT2D eigenvalue weighted by molar-refractivity contribution is -0.118. The molecule has 0 aliphatic carbocycles. The van der Waals surface area contributed by atoms with Crippen LogP contribution in [0.4, 0.5) is 5.69 Å². The fourth-order valence-electron chi connectivity index (χ4n) is 3.38. The molecule has 2 aromatic rings. The maximum Gasteiger partial charge on any atom is 0.251 e. The molecule has 0 saturated heterocycles. The first-order valence-corrected chi connectivity index (χ1v) is 9.46. The van der Waals surface area contributed by atoms with Crippen molar-refractivity contribution >= 4 is 17.5 Å². The Hall–Kier alpha value is -2.82. The third-order valence-corrected chi connectivity index (χ3v) is 4.93. The van der Waals surface area contributed by atoms with Gasteiger partial charge < -0.3 is 15.0 Å². The topological polar surface area (TPSA) is 58.6 Å². The summed E-state index contributed by atoms with van der Waals surface area (Å²) in [6.45, 7) is 3.20. The largest absolute Gasteiger partial charge is 0.497 e. The van der Waals surface area contributed by atoms with Crippen LogP contribution in [-0.2, 0) is 17.6 Å². The van der Waals surface area contributed by atoms with Gasteiger partial charge in [0.2, 0.25) is 5.91 Å². The summed E-state index contributed by atoms with van der Waals surface area (Å²) in [7, 11) is 1.66. The highest BCUT2D eigenvalue weighted by Gasteiger charge is 2.24. The molecule has 1 heterocycles. The average molecular weight is 366 g/mol. The highest BCUT2D eigenvalue weighted by molar-refractivity contribution is 5.98. The minimum absolute atomic E-state index is 0.0622. The van der Waals surface area contributed by atoms with Crippen LogP contribution in [0, 0.1) is 0 Å². The molecule has 0 spiro atoms. The van der Waals surface area contributed by atoms with Crippen LogP contribution < -0.4 is 15.0 Å². The van der Waals surface area contributed by atoms with E-state index in [0.29, 0.717) is 25.1 Å². The SMILES string of the molecule is CCC(=O)N1CCc2cc(C(=O)NCCCc3ccc(OC)cc3)ccc21.